The van der Waals surface area contributed by atoms with Crippen molar-refractivity contribution in [3.05, 3.63) is 40.5 Å². The second kappa shape index (κ2) is 6.95. The largest absolute Gasteiger partial charge is 0.355 e. The van der Waals surface area contributed by atoms with Crippen LogP contribution < -0.4 is 10.5 Å². The van der Waals surface area contributed by atoms with Gasteiger partial charge in [-0.05, 0) is 20.3 Å². The molecule has 23 heavy (non-hydrogen) atoms. The van der Waals surface area contributed by atoms with Crippen LogP contribution in [0.2, 0.25) is 0 Å². The van der Waals surface area contributed by atoms with Crippen LogP contribution >= 0.6 is 0 Å². The number of H-pyrrole nitrogens is 1. The molecule has 2 aromatic rings. The number of hydrogen-bond acceptors (Lipinski definition) is 5. The summed E-state index contributed by atoms with van der Waals surface area (Å²) in [6.07, 6.45) is 4.95. The number of anilines is 1. The molecule has 0 radical (unpaired) electrons. The van der Waals surface area contributed by atoms with E-state index in [-0.39, 0.29) is 5.56 Å². The number of aromatic amines is 1. The molecule has 0 aliphatic carbocycles. The van der Waals surface area contributed by atoms with Gasteiger partial charge in [0.2, 0.25) is 0 Å². The molecule has 2 aromatic heterocycles. The van der Waals surface area contributed by atoms with Crippen LogP contribution in [-0.2, 0) is 13.1 Å². The van der Waals surface area contributed by atoms with Gasteiger partial charge < -0.3 is 14.5 Å². The molecule has 1 aliphatic heterocycles. The lowest BCUT2D eigenvalue weighted by Crippen LogP contribution is -2.32. The van der Waals surface area contributed by atoms with E-state index in [0.29, 0.717) is 5.82 Å². The molecule has 3 heterocycles. The van der Waals surface area contributed by atoms with Crippen LogP contribution in [0.4, 0.5) is 5.82 Å². The summed E-state index contributed by atoms with van der Waals surface area (Å²) in [7, 11) is 0. The molecule has 3 rings (SSSR count). The van der Waals surface area contributed by atoms with Crippen molar-refractivity contribution in [2.24, 2.45) is 0 Å². The molecular weight excluding hydrogens is 292 g/mol. The van der Waals surface area contributed by atoms with Crippen molar-refractivity contribution >= 4 is 5.82 Å². The summed E-state index contributed by atoms with van der Waals surface area (Å²) in [6, 6.07) is 1.59. The minimum atomic E-state index is -0.0847. The van der Waals surface area contributed by atoms with E-state index in [1.165, 1.54) is 0 Å². The van der Waals surface area contributed by atoms with Crippen molar-refractivity contribution in [2.45, 2.75) is 33.4 Å². The minimum absolute atomic E-state index is 0.0847. The first-order chi connectivity index (χ1) is 11.2. The van der Waals surface area contributed by atoms with E-state index in [9.17, 15) is 4.79 Å². The van der Waals surface area contributed by atoms with Crippen molar-refractivity contribution in [3.63, 3.8) is 0 Å². The molecule has 0 spiro atoms. The fourth-order valence-electron chi connectivity index (χ4n) is 3.06. The van der Waals surface area contributed by atoms with Crippen molar-refractivity contribution in [1.29, 1.82) is 0 Å². The van der Waals surface area contributed by atoms with Gasteiger partial charge in [-0.3, -0.25) is 9.69 Å². The summed E-state index contributed by atoms with van der Waals surface area (Å²) >= 11 is 0. The maximum atomic E-state index is 11.6. The molecule has 124 valence electrons. The van der Waals surface area contributed by atoms with Gasteiger partial charge in [0.15, 0.2) is 0 Å². The van der Waals surface area contributed by atoms with Crippen LogP contribution in [0.15, 0.2) is 23.3 Å². The number of aryl methyl sites for hydroxylation is 2. The first kappa shape index (κ1) is 15.7. The average Bonchev–Trinajstić information content (AvgIpc) is 2.82. The van der Waals surface area contributed by atoms with Gasteiger partial charge in [0.05, 0.1) is 6.54 Å². The van der Waals surface area contributed by atoms with Gasteiger partial charge in [0.25, 0.3) is 5.56 Å². The van der Waals surface area contributed by atoms with Gasteiger partial charge in [-0.15, -0.1) is 0 Å². The highest BCUT2D eigenvalue weighted by atomic mass is 16.1. The van der Waals surface area contributed by atoms with Crippen LogP contribution in [0.25, 0.3) is 0 Å². The molecular formula is C16H24N6O. The quantitative estimate of drug-likeness (QED) is 0.911. The molecule has 0 aromatic carbocycles. The lowest BCUT2D eigenvalue weighted by molar-refractivity contribution is 0.274. The average molecular weight is 316 g/mol. The van der Waals surface area contributed by atoms with Crippen molar-refractivity contribution in [2.75, 3.05) is 31.1 Å². The van der Waals surface area contributed by atoms with Crippen molar-refractivity contribution < 1.29 is 0 Å². The van der Waals surface area contributed by atoms with Gasteiger partial charge in [0.1, 0.15) is 17.5 Å². The molecule has 1 fully saturated rings. The molecule has 0 atom stereocenters. The lowest BCUT2D eigenvalue weighted by Gasteiger charge is -2.22. The van der Waals surface area contributed by atoms with Crippen LogP contribution in [0.3, 0.4) is 0 Å². The second-order valence-corrected chi connectivity index (χ2v) is 5.94. The summed E-state index contributed by atoms with van der Waals surface area (Å²) in [5.41, 5.74) is -0.0847. The van der Waals surface area contributed by atoms with Crippen LogP contribution in [0, 0.1) is 6.92 Å². The normalized spacial score (nSPS) is 16.5. The maximum absolute atomic E-state index is 11.6. The Kier molecular flexibility index (Phi) is 4.76. The van der Waals surface area contributed by atoms with Crippen LogP contribution in [-0.4, -0.2) is 50.6 Å². The van der Waals surface area contributed by atoms with Crippen LogP contribution in [0.5, 0.6) is 0 Å². The number of hydrogen-bond donors (Lipinski definition) is 1. The highest BCUT2D eigenvalue weighted by Gasteiger charge is 2.18. The molecule has 0 amide bonds. The molecule has 0 saturated carbocycles. The molecule has 7 heteroatoms. The van der Waals surface area contributed by atoms with Crippen molar-refractivity contribution in [1.82, 2.24) is 24.4 Å². The van der Waals surface area contributed by atoms with E-state index >= 15 is 0 Å². The zero-order valence-corrected chi connectivity index (χ0v) is 13.8. The minimum Gasteiger partial charge on any atom is -0.355 e. The Labute approximate surface area is 136 Å². The third-order valence-electron chi connectivity index (χ3n) is 4.27. The summed E-state index contributed by atoms with van der Waals surface area (Å²) < 4.78 is 2.18. The van der Waals surface area contributed by atoms with Gasteiger partial charge in [-0.2, -0.15) is 0 Å². The number of nitrogens with zero attached hydrogens (tertiary/aromatic N) is 5. The fourth-order valence-corrected chi connectivity index (χ4v) is 3.06. The Hall–Kier alpha value is -2.15. The number of rotatable bonds is 4. The number of imidazole rings is 1. The monoisotopic (exact) mass is 316 g/mol. The third kappa shape index (κ3) is 3.79. The van der Waals surface area contributed by atoms with Gasteiger partial charge in [-0.1, -0.05) is 0 Å². The van der Waals surface area contributed by atoms with Gasteiger partial charge in [-0.25, -0.2) is 9.97 Å². The van der Waals surface area contributed by atoms with E-state index in [1.807, 2.05) is 19.3 Å². The Balaban J connectivity index is 1.66. The first-order valence-corrected chi connectivity index (χ1v) is 8.21. The Morgan fingerprint density at radius 3 is 2.91 bits per heavy atom. The topological polar surface area (TPSA) is 70.1 Å². The SMILES string of the molecule is CCn1ccnc1CN1CCCN(c2cc(=O)[nH]c(C)n2)CC1. The lowest BCUT2D eigenvalue weighted by atomic mass is 10.3. The van der Waals surface area contributed by atoms with E-state index in [0.717, 1.165) is 57.3 Å². The molecule has 7 nitrogen and oxygen atoms in total. The Morgan fingerprint density at radius 1 is 1.26 bits per heavy atom. The van der Waals surface area contributed by atoms with E-state index in [4.69, 9.17) is 0 Å². The zero-order valence-electron chi connectivity index (χ0n) is 13.8. The number of nitrogens with one attached hydrogen (secondary N) is 1. The molecule has 0 bridgehead atoms. The fraction of sp³-hybridized carbons (Fsp3) is 0.562. The first-order valence-electron chi connectivity index (χ1n) is 8.21. The highest BCUT2D eigenvalue weighted by Crippen LogP contribution is 2.13. The summed E-state index contributed by atoms with van der Waals surface area (Å²) in [4.78, 5) is 27.9. The molecule has 1 aliphatic rings. The summed E-state index contributed by atoms with van der Waals surface area (Å²) in [5, 5.41) is 0. The predicted molar refractivity (Wildman–Crippen MR) is 89.6 cm³/mol. The van der Waals surface area contributed by atoms with Gasteiger partial charge >= 0.3 is 0 Å². The molecule has 1 N–H and O–H groups in total. The number of aromatic nitrogens is 4. The standard InChI is InChI=1S/C16H24N6O/c1-3-21-8-5-17-15(21)12-20-6-4-7-22(10-9-20)14-11-16(23)19-13(2)18-14/h5,8,11H,3-4,6-7,9-10,12H2,1-2H3,(H,18,19,23). The van der Waals surface area contributed by atoms with E-state index in [2.05, 4.69) is 36.2 Å². The van der Waals surface area contributed by atoms with E-state index in [1.54, 1.807) is 6.07 Å². The van der Waals surface area contributed by atoms with Crippen molar-refractivity contribution in [3.8, 4) is 0 Å². The second-order valence-electron chi connectivity index (χ2n) is 5.94. The van der Waals surface area contributed by atoms with Crippen LogP contribution in [0.1, 0.15) is 25.0 Å². The third-order valence-corrected chi connectivity index (χ3v) is 4.27. The predicted octanol–water partition coefficient (Wildman–Crippen LogP) is 1.01. The molecule has 0 unspecified atom stereocenters. The van der Waals surface area contributed by atoms with Gasteiger partial charge in [0, 0.05) is 51.2 Å². The maximum Gasteiger partial charge on any atom is 0.252 e. The zero-order chi connectivity index (χ0) is 16.2. The summed E-state index contributed by atoms with van der Waals surface area (Å²) in [5.74, 6) is 2.56. The molecule has 1 saturated heterocycles. The smallest absolute Gasteiger partial charge is 0.252 e. The summed E-state index contributed by atoms with van der Waals surface area (Å²) in [6.45, 7) is 9.56. The van der Waals surface area contributed by atoms with E-state index < -0.39 is 0 Å². The highest BCUT2D eigenvalue weighted by molar-refractivity contribution is 5.37. The Bertz CT molecular complexity index is 707. The Morgan fingerprint density at radius 2 is 2.13 bits per heavy atom.